The van der Waals surface area contributed by atoms with Crippen LogP contribution in [0.15, 0.2) is 0 Å². The lowest BCUT2D eigenvalue weighted by atomic mass is 9.81. The first kappa shape index (κ1) is 16.9. The highest BCUT2D eigenvalue weighted by atomic mass is 16.3. The maximum atomic E-state index is 10.0. The Morgan fingerprint density at radius 3 is 2.05 bits per heavy atom. The fourth-order valence-corrected chi connectivity index (χ4v) is 2.73. The molecular formula is C16H34N2O. The molecule has 0 heterocycles. The number of hydrogen-bond donors (Lipinski definition) is 2. The van der Waals surface area contributed by atoms with Crippen LogP contribution in [-0.2, 0) is 0 Å². The van der Waals surface area contributed by atoms with Gasteiger partial charge in [0.15, 0.2) is 0 Å². The Morgan fingerprint density at radius 1 is 1.11 bits per heavy atom. The van der Waals surface area contributed by atoms with Crippen molar-refractivity contribution in [1.29, 1.82) is 0 Å². The number of aliphatic hydroxyl groups is 1. The van der Waals surface area contributed by atoms with Crippen molar-refractivity contribution in [2.45, 2.75) is 71.9 Å². The van der Waals surface area contributed by atoms with E-state index in [0.717, 1.165) is 32.2 Å². The second kappa shape index (κ2) is 7.05. The van der Waals surface area contributed by atoms with Crippen molar-refractivity contribution >= 4 is 0 Å². The zero-order chi connectivity index (χ0) is 14.5. The predicted molar refractivity (Wildman–Crippen MR) is 82.5 cm³/mol. The molecule has 0 unspecified atom stereocenters. The zero-order valence-corrected chi connectivity index (χ0v) is 13.6. The fourth-order valence-electron chi connectivity index (χ4n) is 2.73. The van der Waals surface area contributed by atoms with Crippen molar-refractivity contribution in [2.75, 3.05) is 26.2 Å². The first-order valence-electron chi connectivity index (χ1n) is 8.02. The standard InChI is InChI=1S/C16H34N2O/c1-6-16(7-2,11-17-14-9-10-14)13-18(8-3)12-15(4,5)19/h14,17,19H,6-13H2,1-5H3. The van der Waals surface area contributed by atoms with Crippen molar-refractivity contribution in [3.8, 4) is 0 Å². The van der Waals surface area contributed by atoms with Gasteiger partial charge in [-0.25, -0.2) is 0 Å². The molecule has 114 valence electrons. The molecule has 3 heteroatoms. The summed E-state index contributed by atoms with van der Waals surface area (Å²) >= 11 is 0. The van der Waals surface area contributed by atoms with Gasteiger partial charge >= 0.3 is 0 Å². The molecule has 0 amide bonds. The van der Waals surface area contributed by atoms with Crippen LogP contribution < -0.4 is 5.32 Å². The van der Waals surface area contributed by atoms with Crippen LogP contribution in [0.2, 0.25) is 0 Å². The Bertz CT molecular complexity index is 252. The van der Waals surface area contributed by atoms with Gasteiger partial charge in [0.2, 0.25) is 0 Å². The molecule has 3 nitrogen and oxygen atoms in total. The Labute approximate surface area is 119 Å². The molecule has 2 N–H and O–H groups in total. The third-order valence-electron chi connectivity index (χ3n) is 4.46. The van der Waals surface area contributed by atoms with Crippen LogP contribution in [0.3, 0.4) is 0 Å². The SMILES string of the molecule is CCN(CC(C)(C)O)CC(CC)(CC)CNC1CC1. The van der Waals surface area contributed by atoms with Gasteiger partial charge in [0.05, 0.1) is 5.60 Å². The molecule has 0 aliphatic heterocycles. The minimum absolute atomic E-state index is 0.351. The number of nitrogens with zero attached hydrogens (tertiary/aromatic N) is 1. The zero-order valence-electron chi connectivity index (χ0n) is 13.6. The number of nitrogens with one attached hydrogen (secondary N) is 1. The molecular weight excluding hydrogens is 236 g/mol. The third-order valence-corrected chi connectivity index (χ3v) is 4.46. The molecule has 0 aromatic heterocycles. The van der Waals surface area contributed by atoms with Gasteiger partial charge in [-0.3, -0.25) is 0 Å². The largest absolute Gasteiger partial charge is 0.389 e. The van der Waals surface area contributed by atoms with E-state index in [1.165, 1.54) is 25.7 Å². The van der Waals surface area contributed by atoms with Gasteiger partial charge < -0.3 is 15.3 Å². The summed E-state index contributed by atoms with van der Waals surface area (Å²) in [5, 5.41) is 13.7. The molecule has 1 saturated carbocycles. The Balaban J connectivity index is 2.57. The fraction of sp³-hybridized carbons (Fsp3) is 1.00. The second-order valence-corrected chi connectivity index (χ2v) is 6.98. The average molecular weight is 270 g/mol. The van der Waals surface area contributed by atoms with Crippen LogP contribution >= 0.6 is 0 Å². The molecule has 19 heavy (non-hydrogen) atoms. The number of likely N-dealkylation sites (N-methyl/N-ethyl adjacent to an activating group) is 1. The number of hydrogen-bond acceptors (Lipinski definition) is 3. The van der Waals surface area contributed by atoms with E-state index in [9.17, 15) is 5.11 Å². The van der Waals surface area contributed by atoms with Crippen LogP contribution in [0.1, 0.15) is 60.3 Å². The summed E-state index contributed by atoms with van der Waals surface area (Å²) in [7, 11) is 0. The maximum Gasteiger partial charge on any atom is 0.0718 e. The van der Waals surface area contributed by atoms with E-state index in [4.69, 9.17) is 0 Å². The molecule has 0 bridgehead atoms. The lowest BCUT2D eigenvalue weighted by molar-refractivity contribution is 0.0198. The quantitative estimate of drug-likeness (QED) is 0.640. The van der Waals surface area contributed by atoms with Crippen LogP contribution in [-0.4, -0.2) is 47.8 Å². The molecule has 0 saturated heterocycles. The molecule has 1 aliphatic rings. The molecule has 1 fully saturated rings. The summed E-state index contributed by atoms with van der Waals surface area (Å²) in [6.45, 7) is 14.6. The molecule has 0 aromatic rings. The van der Waals surface area contributed by atoms with Crippen LogP contribution in [0, 0.1) is 5.41 Å². The molecule has 1 rings (SSSR count). The van der Waals surface area contributed by atoms with E-state index in [0.29, 0.717) is 5.41 Å². The minimum atomic E-state index is -0.604. The van der Waals surface area contributed by atoms with Crippen molar-refractivity contribution in [3.05, 3.63) is 0 Å². The number of rotatable bonds is 10. The smallest absolute Gasteiger partial charge is 0.0718 e. The lowest BCUT2D eigenvalue weighted by Crippen LogP contribution is -2.48. The molecule has 0 spiro atoms. The molecule has 1 aliphatic carbocycles. The first-order valence-corrected chi connectivity index (χ1v) is 8.02. The average Bonchev–Trinajstić information content (AvgIpc) is 3.16. The predicted octanol–water partition coefficient (Wildman–Crippen LogP) is 2.64. The summed E-state index contributed by atoms with van der Waals surface area (Å²) in [5.41, 5.74) is -0.253. The molecule has 0 aromatic carbocycles. The summed E-state index contributed by atoms with van der Waals surface area (Å²) in [6.07, 6.45) is 5.10. The van der Waals surface area contributed by atoms with Gasteiger partial charge in [0.25, 0.3) is 0 Å². The van der Waals surface area contributed by atoms with Gasteiger partial charge in [-0.2, -0.15) is 0 Å². The summed E-state index contributed by atoms with van der Waals surface area (Å²) in [5.74, 6) is 0. The van der Waals surface area contributed by atoms with E-state index >= 15 is 0 Å². The van der Waals surface area contributed by atoms with Gasteiger partial charge in [-0.05, 0) is 51.5 Å². The second-order valence-electron chi connectivity index (χ2n) is 6.98. The molecule has 0 radical (unpaired) electrons. The maximum absolute atomic E-state index is 10.0. The van der Waals surface area contributed by atoms with Crippen LogP contribution in [0.5, 0.6) is 0 Å². The highest BCUT2D eigenvalue weighted by Crippen LogP contribution is 2.29. The summed E-state index contributed by atoms with van der Waals surface area (Å²) in [4.78, 5) is 2.40. The van der Waals surface area contributed by atoms with Gasteiger partial charge in [0.1, 0.15) is 0 Å². The van der Waals surface area contributed by atoms with E-state index in [-0.39, 0.29) is 0 Å². The normalized spacial score (nSPS) is 17.2. The van der Waals surface area contributed by atoms with Gasteiger partial charge in [-0.1, -0.05) is 20.8 Å². The minimum Gasteiger partial charge on any atom is -0.389 e. The van der Waals surface area contributed by atoms with E-state index < -0.39 is 5.60 Å². The highest BCUT2D eigenvalue weighted by molar-refractivity contribution is 4.89. The van der Waals surface area contributed by atoms with Gasteiger partial charge in [-0.15, -0.1) is 0 Å². The van der Waals surface area contributed by atoms with Crippen molar-refractivity contribution < 1.29 is 5.11 Å². The summed E-state index contributed by atoms with van der Waals surface area (Å²) < 4.78 is 0. The monoisotopic (exact) mass is 270 g/mol. The van der Waals surface area contributed by atoms with Crippen molar-refractivity contribution in [2.24, 2.45) is 5.41 Å². The van der Waals surface area contributed by atoms with E-state index in [1.54, 1.807) is 0 Å². The first-order chi connectivity index (χ1) is 8.84. The highest BCUT2D eigenvalue weighted by Gasteiger charge is 2.32. The third kappa shape index (κ3) is 6.24. The Kier molecular flexibility index (Phi) is 6.28. The van der Waals surface area contributed by atoms with Gasteiger partial charge in [0, 0.05) is 25.7 Å². The van der Waals surface area contributed by atoms with Crippen molar-refractivity contribution in [1.82, 2.24) is 10.2 Å². The van der Waals surface area contributed by atoms with Crippen molar-refractivity contribution in [3.63, 3.8) is 0 Å². The molecule has 0 atom stereocenters. The topological polar surface area (TPSA) is 35.5 Å². The van der Waals surface area contributed by atoms with Crippen LogP contribution in [0.4, 0.5) is 0 Å². The lowest BCUT2D eigenvalue weighted by Gasteiger charge is -2.39. The van der Waals surface area contributed by atoms with E-state index in [1.807, 2.05) is 13.8 Å². The summed E-state index contributed by atoms with van der Waals surface area (Å²) in [6, 6.07) is 0.779. The van der Waals surface area contributed by atoms with E-state index in [2.05, 4.69) is 31.0 Å². The Hall–Kier alpha value is -0.120. The van der Waals surface area contributed by atoms with Crippen LogP contribution in [0.25, 0.3) is 0 Å². The Morgan fingerprint density at radius 2 is 1.68 bits per heavy atom.